The Bertz CT molecular complexity index is 625. The second-order valence-electron chi connectivity index (χ2n) is 8.33. The molecule has 0 aliphatic heterocycles. The lowest BCUT2D eigenvalue weighted by Gasteiger charge is -2.25. The predicted molar refractivity (Wildman–Crippen MR) is 129 cm³/mol. The van der Waals surface area contributed by atoms with Crippen LogP contribution in [-0.2, 0) is 12.8 Å². The number of aryl methyl sites for hydroxylation is 2. The third-order valence-corrected chi connectivity index (χ3v) is 5.69. The second-order valence-corrected chi connectivity index (χ2v) is 8.33. The minimum absolute atomic E-state index is 0.196. The summed E-state index contributed by atoms with van der Waals surface area (Å²) in [6, 6.07) is 21.9. The van der Waals surface area contributed by atoms with E-state index in [0.29, 0.717) is 19.1 Å². The molecule has 2 rings (SSSR count). The Morgan fingerprint density at radius 1 is 0.839 bits per heavy atom. The van der Waals surface area contributed by atoms with Crippen LogP contribution in [0, 0.1) is 0 Å². The molecule has 0 radical (unpaired) electrons. The molecule has 2 aromatic carbocycles. The first-order valence-corrected chi connectivity index (χ1v) is 11.7. The molecule has 0 heterocycles. The van der Waals surface area contributed by atoms with Gasteiger partial charge >= 0.3 is 0 Å². The van der Waals surface area contributed by atoms with Crippen LogP contribution in [0.3, 0.4) is 0 Å². The Morgan fingerprint density at radius 3 is 1.90 bits per heavy atom. The van der Waals surface area contributed by atoms with Gasteiger partial charge in [-0.1, -0.05) is 60.7 Å². The van der Waals surface area contributed by atoms with E-state index in [1.165, 1.54) is 11.1 Å². The van der Waals surface area contributed by atoms with Gasteiger partial charge in [-0.2, -0.15) is 0 Å². The van der Waals surface area contributed by atoms with Gasteiger partial charge in [0.2, 0.25) is 0 Å². The Morgan fingerprint density at radius 2 is 1.39 bits per heavy atom. The molecule has 5 nitrogen and oxygen atoms in total. The number of aliphatic hydroxyl groups excluding tert-OH is 2. The Kier molecular flexibility index (Phi) is 13.1. The summed E-state index contributed by atoms with van der Waals surface area (Å²) in [6.45, 7) is 3.65. The van der Waals surface area contributed by atoms with Crippen LogP contribution < -0.4 is 11.1 Å². The normalized spacial score (nSPS) is 12.5. The number of nitrogens with zero attached hydrogens (tertiary/aromatic N) is 1. The minimum Gasteiger partial charge on any atom is -0.394 e. The highest BCUT2D eigenvalue weighted by atomic mass is 16.3. The first kappa shape index (κ1) is 25.5. The average Bonchev–Trinajstić information content (AvgIpc) is 2.82. The first-order valence-electron chi connectivity index (χ1n) is 11.7. The molecule has 5 N–H and O–H groups in total. The van der Waals surface area contributed by atoms with Crippen molar-refractivity contribution in [1.29, 1.82) is 0 Å². The van der Waals surface area contributed by atoms with Gasteiger partial charge in [0.05, 0.1) is 12.7 Å². The number of benzene rings is 2. The summed E-state index contributed by atoms with van der Waals surface area (Å²) < 4.78 is 0. The van der Waals surface area contributed by atoms with E-state index in [9.17, 15) is 5.11 Å². The third kappa shape index (κ3) is 11.4. The lowest BCUT2D eigenvalue weighted by Crippen LogP contribution is -2.38. The maximum Gasteiger partial charge on any atom is 0.0897 e. The molecule has 2 aromatic rings. The van der Waals surface area contributed by atoms with Crippen molar-refractivity contribution >= 4 is 0 Å². The number of aliphatic hydroxyl groups is 2. The van der Waals surface area contributed by atoms with Crippen molar-refractivity contribution in [3.63, 3.8) is 0 Å². The van der Waals surface area contributed by atoms with Crippen LogP contribution in [0.1, 0.15) is 36.8 Å². The zero-order valence-electron chi connectivity index (χ0n) is 18.8. The van der Waals surface area contributed by atoms with Crippen molar-refractivity contribution in [2.75, 3.05) is 39.3 Å². The Balaban J connectivity index is 1.80. The van der Waals surface area contributed by atoms with Crippen molar-refractivity contribution in [2.45, 2.75) is 50.7 Å². The highest BCUT2D eigenvalue weighted by Gasteiger charge is 2.12. The molecule has 5 heteroatoms. The van der Waals surface area contributed by atoms with Gasteiger partial charge in [0, 0.05) is 12.6 Å². The Hall–Kier alpha value is -1.76. The first-order chi connectivity index (χ1) is 15.2. The van der Waals surface area contributed by atoms with Crippen molar-refractivity contribution in [2.24, 2.45) is 5.73 Å². The van der Waals surface area contributed by atoms with E-state index in [4.69, 9.17) is 10.8 Å². The highest BCUT2D eigenvalue weighted by molar-refractivity contribution is 5.16. The minimum atomic E-state index is -0.685. The van der Waals surface area contributed by atoms with Crippen LogP contribution in [0.15, 0.2) is 60.7 Å². The summed E-state index contributed by atoms with van der Waals surface area (Å²) >= 11 is 0. The SMILES string of the molecule is NCCCN(CCCNC(CCc1ccccc1)CCc1ccccc1)CC(O)CO. The van der Waals surface area contributed by atoms with E-state index in [2.05, 4.69) is 70.9 Å². The molecule has 0 aliphatic carbocycles. The molecule has 0 bridgehead atoms. The summed E-state index contributed by atoms with van der Waals surface area (Å²) in [5, 5.41) is 22.7. The van der Waals surface area contributed by atoms with Crippen LogP contribution in [0.5, 0.6) is 0 Å². The molecule has 1 unspecified atom stereocenters. The van der Waals surface area contributed by atoms with Gasteiger partial charge in [0.15, 0.2) is 0 Å². The third-order valence-electron chi connectivity index (χ3n) is 5.69. The topological polar surface area (TPSA) is 81.8 Å². The number of rotatable bonds is 17. The fraction of sp³-hybridized carbons (Fsp3) is 0.538. The molecule has 172 valence electrons. The van der Waals surface area contributed by atoms with Gasteiger partial charge in [-0.25, -0.2) is 0 Å². The second kappa shape index (κ2) is 16.0. The molecule has 1 atom stereocenters. The monoisotopic (exact) mass is 427 g/mol. The zero-order valence-corrected chi connectivity index (χ0v) is 18.8. The fourth-order valence-electron chi connectivity index (χ4n) is 3.89. The molecule has 0 aromatic heterocycles. The van der Waals surface area contributed by atoms with Gasteiger partial charge in [-0.3, -0.25) is 0 Å². The lowest BCUT2D eigenvalue weighted by atomic mass is 9.99. The standard InChI is InChI=1S/C26H41N3O2/c27-17-7-19-29(21-26(31)22-30)20-8-18-28-25(15-13-23-9-3-1-4-10-23)16-14-24-11-5-2-6-12-24/h1-6,9-12,25-26,28,30-31H,7-8,13-22,27H2. The Labute approximate surface area is 188 Å². The van der Waals surface area contributed by atoms with Gasteiger partial charge in [-0.05, 0) is 75.8 Å². The maximum atomic E-state index is 9.79. The largest absolute Gasteiger partial charge is 0.394 e. The summed E-state index contributed by atoms with van der Waals surface area (Å²) in [6.07, 6.45) is 5.64. The van der Waals surface area contributed by atoms with Crippen LogP contribution in [0.4, 0.5) is 0 Å². The predicted octanol–water partition coefficient (Wildman–Crippen LogP) is 2.60. The maximum absolute atomic E-state index is 9.79. The van der Waals surface area contributed by atoms with Crippen LogP contribution in [0.25, 0.3) is 0 Å². The van der Waals surface area contributed by atoms with E-state index in [1.54, 1.807) is 0 Å². The summed E-state index contributed by atoms with van der Waals surface area (Å²) in [5.41, 5.74) is 8.42. The van der Waals surface area contributed by atoms with Crippen molar-refractivity contribution in [3.05, 3.63) is 71.8 Å². The number of nitrogens with one attached hydrogen (secondary N) is 1. The van der Waals surface area contributed by atoms with Crippen LogP contribution in [-0.4, -0.2) is 66.6 Å². The van der Waals surface area contributed by atoms with Crippen molar-refractivity contribution in [3.8, 4) is 0 Å². The van der Waals surface area contributed by atoms with Gasteiger partial charge in [0.25, 0.3) is 0 Å². The van der Waals surface area contributed by atoms with E-state index in [1.807, 2.05) is 0 Å². The quantitative estimate of drug-likeness (QED) is 0.292. The molecule has 0 aliphatic rings. The summed E-state index contributed by atoms with van der Waals surface area (Å²) in [5.74, 6) is 0. The molecular formula is C26H41N3O2. The lowest BCUT2D eigenvalue weighted by molar-refractivity contribution is 0.0585. The summed E-state index contributed by atoms with van der Waals surface area (Å²) in [4.78, 5) is 2.21. The van der Waals surface area contributed by atoms with Crippen LogP contribution in [0.2, 0.25) is 0 Å². The smallest absolute Gasteiger partial charge is 0.0897 e. The zero-order chi connectivity index (χ0) is 22.2. The highest BCUT2D eigenvalue weighted by Crippen LogP contribution is 2.11. The number of hydrogen-bond donors (Lipinski definition) is 4. The summed E-state index contributed by atoms with van der Waals surface area (Å²) in [7, 11) is 0. The van der Waals surface area contributed by atoms with Crippen molar-refractivity contribution < 1.29 is 10.2 Å². The molecular weight excluding hydrogens is 386 g/mol. The van der Waals surface area contributed by atoms with Gasteiger partial charge in [0.1, 0.15) is 0 Å². The van der Waals surface area contributed by atoms with E-state index < -0.39 is 6.10 Å². The van der Waals surface area contributed by atoms with Gasteiger partial charge in [-0.15, -0.1) is 0 Å². The van der Waals surface area contributed by atoms with Crippen LogP contribution >= 0.6 is 0 Å². The number of hydrogen-bond acceptors (Lipinski definition) is 5. The molecule has 0 spiro atoms. The average molecular weight is 428 g/mol. The van der Waals surface area contributed by atoms with E-state index in [-0.39, 0.29) is 6.61 Å². The molecule has 0 fully saturated rings. The molecule has 0 amide bonds. The van der Waals surface area contributed by atoms with E-state index >= 15 is 0 Å². The van der Waals surface area contributed by atoms with Gasteiger partial charge < -0.3 is 26.2 Å². The molecule has 0 saturated heterocycles. The fourth-order valence-corrected chi connectivity index (χ4v) is 3.89. The molecule has 0 saturated carbocycles. The molecule has 31 heavy (non-hydrogen) atoms. The van der Waals surface area contributed by atoms with Crippen molar-refractivity contribution in [1.82, 2.24) is 10.2 Å². The number of nitrogens with two attached hydrogens (primary N) is 1. The van der Waals surface area contributed by atoms with E-state index in [0.717, 1.165) is 58.2 Å².